The van der Waals surface area contributed by atoms with E-state index in [1.54, 1.807) is 6.08 Å². The van der Waals surface area contributed by atoms with Gasteiger partial charge in [-0.3, -0.25) is 0 Å². The van der Waals surface area contributed by atoms with E-state index in [0.29, 0.717) is 0 Å². The third-order valence-electron chi connectivity index (χ3n) is 2.76. The van der Waals surface area contributed by atoms with Crippen LogP contribution in [0.2, 0.25) is 0 Å². The lowest BCUT2D eigenvalue weighted by Crippen LogP contribution is -2.17. The third-order valence-corrected chi connectivity index (χ3v) is 2.76. The molecule has 0 amide bonds. The lowest BCUT2D eigenvalue weighted by atomic mass is 10.1. The maximum atomic E-state index is 8.99. The predicted octanol–water partition coefficient (Wildman–Crippen LogP) is 3.18. The van der Waals surface area contributed by atoms with E-state index >= 15 is 0 Å². The van der Waals surface area contributed by atoms with Gasteiger partial charge in [0.15, 0.2) is 0 Å². The van der Waals surface area contributed by atoms with E-state index in [1.807, 2.05) is 6.08 Å². The Hall–Kier alpha value is -1.24. The van der Waals surface area contributed by atoms with Gasteiger partial charge in [-0.15, -0.1) is 0 Å². The molecule has 0 saturated carbocycles. The van der Waals surface area contributed by atoms with E-state index in [0.717, 1.165) is 6.42 Å². The monoisotopic (exact) mass is 280 g/mol. The minimum absolute atomic E-state index is 0.0859. The molecule has 20 heavy (non-hydrogen) atoms. The van der Waals surface area contributed by atoms with Crippen LogP contribution in [0.4, 0.5) is 0 Å². The van der Waals surface area contributed by atoms with E-state index < -0.39 is 6.10 Å². The van der Waals surface area contributed by atoms with Crippen LogP contribution in [0.3, 0.4) is 0 Å². The van der Waals surface area contributed by atoms with Gasteiger partial charge in [-0.05, 0) is 18.9 Å². The van der Waals surface area contributed by atoms with Gasteiger partial charge in [-0.25, -0.2) is 0 Å². The van der Waals surface area contributed by atoms with Crippen molar-refractivity contribution in [1.82, 2.24) is 0 Å². The summed E-state index contributed by atoms with van der Waals surface area (Å²) < 4.78 is 4.96. The van der Waals surface area contributed by atoms with Crippen LogP contribution >= 0.6 is 0 Å². The molecular weight excluding hydrogens is 252 g/mol. The number of unbranched alkanes of at least 4 members (excludes halogenated alkanes) is 6. The van der Waals surface area contributed by atoms with Crippen LogP contribution in [0, 0.1) is 11.8 Å². The van der Waals surface area contributed by atoms with Gasteiger partial charge in [-0.2, -0.15) is 0 Å². The predicted molar refractivity (Wildman–Crippen MR) is 83.1 cm³/mol. The van der Waals surface area contributed by atoms with Gasteiger partial charge in [0.05, 0.1) is 12.9 Å². The van der Waals surface area contributed by atoms with Crippen molar-refractivity contribution in [2.75, 3.05) is 13.2 Å². The topological polar surface area (TPSA) is 49.7 Å². The molecule has 0 radical (unpaired) electrons. The maximum absolute atomic E-state index is 8.99. The van der Waals surface area contributed by atoms with Gasteiger partial charge in [0.25, 0.3) is 0 Å². The summed E-state index contributed by atoms with van der Waals surface area (Å²) in [5, 5.41) is 17.5. The Balaban J connectivity index is 3.42. The van der Waals surface area contributed by atoms with Crippen molar-refractivity contribution in [3.05, 3.63) is 24.5 Å². The molecule has 0 fully saturated rings. The summed E-state index contributed by atoms with van der Waals surface area (Å²) in [6.45, 7) is 2.03. The first kappa shape index (κ1) is 18.8. The molecule has 0 unspecified atom stereocenters. The van der Waals surface area contributed by atoms with Crippen LogP contribution in [0.25, 0.3) is 0 Å². The van der Waals surface area contributed by atoms with E-state index in [2.05, 4.69) is 24.8 Å². The van der Waals surface area contributed by atoms with Crippen LogP contribution in [-0.4, -0.2) is 29.5 Å². The van der Waals surface area contributed by atoms with Crippen molar-refractivity contribution in [2.45, 2.75) is 58.0 Å². The highest BCUT2D eigenvalue weighted by atomic mass is 16.5. The first-order chi connectivity index (χ1) is 9.81. The lowest BCUT2D eigenvalue weighted by Gasteiger charge is -2.04. The molecule has 114 valence electrons. The van der Waals surface area contributed by atoms with Gasteiger partial charge in [0.1, 0.15) is 12.7 Å². The van der Waals surface area contributed by atoms with Crippen molar-refractivity contribution >= 4 is 0 Å². The smallest absolute Gasteiger partial charge is 0.115 e. The average Bonchev–Trinajstić information content (AvgIpc) is 2.47. The number of aliphatic hydroxyl groups is 2. The first-order valence-corrected chi connectivity index (χ1v) is 7.52. The highest BCUT2D eigenvalue weighted by molar-refractivity contribution is 5.22. The molecule has 0 spiro atoms. The Morgan fingerprint density at radius 2 is 1.75 bits per heavy atom. The Bertz CT molecular complexity index is 310. The maximum Gasteiger partial charge on any atom is 0.115 e. The van der Waals surface area contributed by atoms with Crippen molar-refractivity contribution in [3.8, 4) is 11.8 Å². The third kappa shape index (κ3) is 14.8. The molecular formula is C17H28O3. The molecule has 0 aromatic rings. The summed E-state index contributed by atoms with van der Waals surface area (Å²) in [5.74, 6) is 5.70. The van der Waals surface area contributed by atoms with Crippen molar-refractivity contribution in [1.29, 1.82) is 0 Å². The fraction of sp³-hybridized carbons (Fsp3) is 0.647. The number of ether oxygens (including phenoxy) is 1. The highest BCUT2D eigenvalue weighted by Gasteiger charge is 1.98. The van der Waals surface area contributed by atoms with E-state index in [1.165, 1.54) is 44.8 Å². The average molecular weight is 280 g/mol. The van der Waals surface area contributed by atoms with Crippen LogP contribution in [0.5, 0.6) is 0 Å². The molecule has 0 aliphatic carbocycles. The minimum Gasteiger partial charge on any atom is -0.498 e. The number of rotatable bonds is 11. The Kier molecular flexibility index (Phi) is 14.8. The molecule has 2 N–H and O–H groups in total. The molecule has 3 nitrogen and oxygen atoms in total. The molecule has 1 atom stereocenters. The largest absolute Gasteiger partial charge is 0.498 e. The summed E-state index contributed by atoms with van der Waals surface area (Å²) in [4.78, 5) is 0. The van der Waals surface area contributed by atoms with E-state index in [-0.39, 0.29) is 13.2 Å². The zero-order valence-corrected chi connectivity index (χ0v) is 12.6. The molecule has 0 heterocycles. The highest BCUT2D eigenvalue weighted by Crippen LogP contribution is 2.06. The molecule has 0 aromatic heterocycles. The first-order valence-electron chi connectivity index (χ1n) is 7.52. The second-order valence-corrected chi connectivity index (χ2v) is 4.72. The van der Waals surface area contributed by atoms with Crippen molar-refractivity contribution in [2.24, 2.45) is 0 Å². The number of hydrogen-bond donors (Lipinski definition) is 2. The van der Waals surface area contributed by atoms with Gasteiger partial charge in [0, 0.05) is 6.08 Å². The number of hydrogen-bond acceptors (Lipinski definition) is 3. The van der Waals surface area contributed by atoms with Crippen LogP contribution in [-0.2, 0) is 4.74 Å². The van der Waals surface area contributed by atoms with Crippen LogP contribution in [0.15, 0.2) is 24.5 Å². The zero-order chi connectivity index (χ0) is 14.9. The van der Waals surface area contributed by atoms with Crippen LogP contribution < -0.4 is 0 Å². The van der Waals surface area contributed by atoms with Crippen molar-refractivity contribution in [3.63, 3.8) is 0 Å². The molecule has 3 heteroatoms. The van der Waals surface area contributed by atoms with Crippen molar-refractivity contribution < 1.29 is 14.9 Å². The van der Waals surface area contributed by atoms with E-state index in [9.17, 15) is 0 Å². The SMILES string of the molecule is CCCCCCCC/C=C/C#C/C=C/OC[C@@H](O)CO. The molecule has 0 saturated heterocycles. The standard InChI is InChI=1S/C17H28O3/c1-2-3-4-5-6-7-8-9-10-11-12-13-14-20-16-17(19)15-18/h9-10,13-14,17-19H,2-8,15-16H2,1H3/b10-9+,14-13+/t17-/m0/s1. The Morgan fingerprint density at radius 1 is 1.05 bits per heavy atom. The number of aliphatic hydroxyl groups excluding tert-OH is 2. The molecule has 0 aliphatic heterocycles. The fourth-order valence-corrected chi connectivity index (χ4v) is 1.58. The quantitative estimate of drug-likeness (QED) is 0.347. The molecule has 0 aliphatic rings. The summed E-state index contributed by atoms with van der Waals surface area (Å²) in [5.41, 5.74) is 0. The Morgan fingerprint density at radius 3 is 2.50 bits per heavy atom. The fourth-order valence-electron chi connectivity index (χ4n) is 1.58. The summed E-state index contributed by atoms with van der Waals surface area (Å²) in [6, 6.07) is 0. The van der Waals surface area contributed by atoms with Gasteiger partial charge in [0.2, 0.25) is 0 Å². The van der Waals surface area contributed by atoms with Gasteiger partial charge >= 0.3 is 0 Å². The van der Waals surface area contributed by atoms with Crippen LogP contribution in [0.1, 0.15) is 51.9 Å². The normalized spacial score (nSPS) is 12.6. The summed E-state index contributed by atoms with van der Waals surface area (Å²) in [6.07, 6.45) is 15.1. The van der Waals surface area contributed by atoms with E-state index in [4.69, 9.17) is 14.9 Å². The second kappa shape index (κ2) is 15.8. The molecule has 0 rings (SSSR count). The molecule has 0 aromatic carbocycles. The van der Waals surface area contributed by atoms with Gasteiger partial charge in [-0.1, -0.05) is 56.9 Å². The summed E-state index contributed by atoms with van der Waals surface area (Å²) in [7, 11) is 0. The summed E-state index contributed by atoms with van der Waals surface area (Å²) >= 11 is 0. The number of allylic oxidation sites excluding steroid dienone is 3. The van der Waals surface area contributed by atoms with Gasteiger partial charge < -0.3 is 14.9 Å². The molecule has 0 bridgehead atoms. The second-order valence-electron chi connectivity index (χ2n) is 4.72. The lowest BCUT2D eigenvalue weighted by molar-refractivity contribution is 0.0385. The zero-order valence-electron chi connectivity index (χ0n) is 12.6. The Labute approximate surface area is 123 Å². The minimum atomic E-state index is -0.829.